The highest BCUT2D eigenvalue weighted by Crippen LogP contribution is 2.20. The molecule has 0 aliphatic heterocycles. The van der Waals surface area contributed by atoms with Crippen molar-refractivity contribution in [2.75, 3.05) is 24.3 Å². The molecule has 0 radical (unpaired) electrons. The van der Waals surface area contributed by atoms with Crippen LogP contribution in [0.4, 0.5) is 11.6 Å². The van der Waals surface area contributed by atoms with Gasteiger partial charge in [0, 0.05) is 31.9 Å². The summed E-state index contributed by atoms with van der Waals surface area (Å²) >= 11 is 0. The molecule has 0 saturated carbocycles. The van der Waals surface area contributed by atoms with Gasteiger partial charge in [-0.05, 0) is 42.0 Å². The fourth-order valence-electron chi connectivity index (χ4n) is 2.91. The van der Waals surface area contributed by atoms with Gasteiger partial charge in [-0.15, -0.1) is 5.10 Å². The topological polar surface area (TPSA) is 76.2 Å². The van der Waals surface area contributed by atoms with E-state index < -0.39 is 0 Å². The Bertz CT molecular complexity index is 1100. The molecular formula is C22H21N5O2. The number of benzene rings is 2. The van der Waals surface area contributed by atoms with Crippen LogP contribution in [0.25, 0.3) is 11.6 Å². The highest BCUT2D eigenvalue weighted by atomic mass is 16.3. The summed E-state index contributed by atoms with van der Waals surface area (Å²) < 4.78 is 6.68. The van der Waals surface area contributed by atoms with Gasteiger partial charge in [0.2, 0.25) is 11.8 Å². The van der Waals surface area contributed by atoms with E-state index in [1.807, 2.05) is 55.4 Å². The first-order valence-electron chi connectivity index (χ1n) is 9.22. The molecule has 0 saturated heterocycles. The standard InChI is InChI=1S/C22H21N5O2/c1-26(2)18-11-6-8-16(14-18)15-23-22-24-20(19-12-7-13-29-19)25-27(22)21(28)17-9-4-3-5-10-17/h3-14H,15H2,1-2H3,(H,23,24,25). The van der Waals surface area contributed by atoms with Crippen molar-refractivity contribution in [1.29, 1.82) is 0 Å². The Labute approximate surface area is 168 Å². The van der Waals surface area contributed by atoms with Crippen molar-refractivity contribution < 1.29 is 9.21 Å². The van der Waals surface area contributed by atoms with Crippen LogP contribution in [0.1, 0.15) is 15.9 Å². The third-order valence-electron chi connectivity index (χ3n) is 4.44. The fraction of sp³-hybridized carbons (Fsp3) is 0.136. The van der Waals surface area contributed by atoms with Crippen molar-refractivity contribution in [3.8, 4) is 11.6 Å². The molecule has 7 heteroatoms. The Morgan fingerprint density at radius 1 is 1.07 bits per heavy atom. The lowest BCUT2D eigenvalue weighted by Crippen LogP contribution is -2.17. The van der Waals surface area contributed by atoms with Crippen LogP contribution in [0.5, 0.6) is 0 Å². The third kappa shape index (κ3) is 4.03. The number of hydrogen-bond donors (Lipinski definition) is 1. The predicted molar refractivity (Wildman–Crippen MR) is 112 cm³/mol. The highest BCUT2D eigenvalue weighted by Gasteiger charge is 2.19. The number of rotatable bonds is 6. The molecule has 4 aromatic rings. The second-order valence-electron chi connectivity index (χ2n) is 6.74. The van der Waals surface area contributed by atoms with Gasteiger partial charge in [-0.2, -0.15) is 9.67 Å². The Morgan fingerprint density at radius 3 is 2.62 bits per heavy atom. The molecule has 146 valence electrons. The van der Waals surface area contributed by atoms with Gasteiger partial charge in [0.05, 0.1) is 6.26 Å². The van der Waals surface area contributed by atoms with E-state index in [4.69, 9.17) is 4.42 Å². The molecule has 1 N–H and O–H groups in total. The van der Waals surface area contributed by atoms with E-state index >= 15 is 0 Å². The molecular weight excluding hydrogens is 366 g/mol. The number of nitrogens with zero attached hydrogens (tertiary/aromatic N) is 4. The van der Waals surface area contributed by atoms with E-state index in [9.17, 15) is 4.79 Å². The van der Waals surface area contributed by atoms with Crippen LogP contribution >= 0.6 is 0 Å². The zero-order chi connectivity index (χ0) is 20.2. The van der Waals surface area contributed by atoms with Crippen LogP contribution in [-0.2, 0) is 6.54 Å². The first kappa shape index (κ1) is 18.5. The van der Waals surface area contributed by atoms with Crippen molar-refractivity contribution in [2.24, 2.45) is 0 Å². The van der Waals surface area contributed by atoms with Crippen molar-refractivity contribution in [1.82, 2.24) is 14.8 Å². The second-order valence-corrected chi connectivity index (χ2v) is 6.74. The first-order valence-corrected chi connectivity index (χ1v) is 9.22. The van der Waals surface area contributed by atoms with E-state index in [1.54, 1.807) is 30.5 Å². The molecule has 2 aromatic heterocycles. The van der Waals surface area contributed by atoms with E-state index in [0.29, 0.717) is 29.6 Å². The van der Waals surface area contributed by atoms with E-state index in [-0.39, 0.29) is 5.91 Å². The molecule has 0 unspecified atom stereocenters. The van der Waals surface area contributed by atoms with Gasteiger partial charge in [0.25, 0.3) is 5.91 Å². The fourth-order valence-corrected chi connectivity index (χ4v) is 2.91. The highest BCUT2D eigenvalue weighted by molar-refractivity contribution is 5.97. The van der Waals surface area contributed by atoms with Gasteiger partial charge in [0.15, 0.2) is 5.76 Å². The molecule has 0 atom stereocenters. The minimum absolute atomic E-state index is 0.263. The molecule has 0 bridgehead atoms. The summed E-state index contributed by atoms with van der Waals surface area (Å²) in [5.74, 6) is 0.951. The van der Waals surface area contributed by atoms with Crippen LogP contribution in [-0.4, -0.2) is 34.8 Å². The Morgan fingerprint density at radius 2 is 1.90 bits per heavy atom. The average molecular weight is 387 g/mol. The largest absolute Gasteiger partial charge is 0.461 e. The molecule has 0 aliphatic rings. The predicted octanol–water partition coefficient (Wildman–Crippen LogP) is 3.90. The maximum Gasteiger partial charge on any atom is 0.281 e. The minimum Gasteiger partial charge on any atom is -0.461 e. The molecule has 0 spiro atoms. The number of carbonyl (C=O) groups is 1. The minimum atomic E-state index is -0.263. The molecule has 0 amide bonds. The quantitative estimate of drug-likeness (QED) is 0.541. The Hall–Kier alpha value is -3.87. The second kappa shape index (κ2) is 8.02. The SMILES string of the molecule is CN(C)c1cccc(CNc2nc(-c3ccco3)nn2C(=O)c2ccccc2)c1. The zero-order valence-corrected chi connectivity index (χ0v) is 16.2. The maximum absolute atomic E-state index is 13.0. The lowest BCUT2D eigenvalue weighted by Gasteiger charge is -2.14. The molecule has 2 heterocycles. The molecule has 29 heavy (non-hydrogen) atoms. The summed E-state index contributed by atoms with van der Waals surface area (Å²) in [6, 6.07) is 20.7. The zero-order valence-electron chi connectivity index (χ0n) is 16.2. The summed E-state index contributed by atoms with van der Waals surface area (Å²) in [6.45, 7) is 0.500. The van der Waals surface area contributed by atoms with Crippen LogP contribution in [0.3, 0.4) is 0 Å². The van der Waals surface area contributed by atoms with Crippen molar-refractivity contribution in [3.05, 3.63) is 84.1 Å². The normalized spacial score (nSPS) is 10.7. The number of furan rings is 1. The van der Waals surface area contributed by atoms with Gasteiger partial charge < -0.3 is 14.6 Å². The summed E-state index contributed by atoms with van der Waals surface area (Å²) in [5.41, 5.74) is 2.70. The lowest BCUT2D eigenvalue weighted by atomic mass is 10.2. The number of aromatic nitrogens is 3. The summed E-state index contributed by atoms with van der Waals surface area (Å²) in [4.78, 5) is 19.5. The Balaban J connectivity index is 1.64. The van der Waals surface area contributed by atoms with Gasteiger partial charge in [0.1, 0.15) is 0 Å². The number of carbonyl (C=O) groups excluding carboxylic acids is 1. The average Bonchev–Trinajstić information content (AvgIpc) is 3.42. The lowest BCUT2D eigenvalue weighted by molar-refractivity contribution is 0.0947. The van der Waals surface area contributed by atoms with E-state index in [2.05, 4.69) is 21.5 Å². The van der Waals surface area contributed by atoms with E-state index in [1.165, 1.54) is 4.68 Å². The monoisotopic (exact) mass is 387 g/mol. The number of nitrogens with one attached hydrogen (secondary N) is 1. The van der Waals surface area contributed by atoms with Crippen molar-refractivity contribution in [3.63, 3.8) is 0 Å². The summed E-state index contributed by atoms with van der Waals surface area (Å²) in [6.07, 6.45) is 1.55. The van der Waals surface area contributed by atoms with Crippen LogP contribution < -0.4 is 10.2 Å². The molecule has 4 rings (SSSR count). The summed E-state index contributed by atoms with van der Waals surface area (Å²) in [5, 5.41) is 7.62. The number of hydrogen-bond acceptors (Lipinski definition) is 6. The van der Waals surface area contributed by atoms with Crippen molar-refractivity contribution in [2.45, 2.75) is 6.54 Å². The Kier molecular flexibility index (Phi) is 5.11. The van der Waals surface area contributed by atoms with Crippen LogP contribution in [0, 0.1) is 0 Å². The third-order valence-corrected chi connectivity index (χ3v) is 4.44. The molecule has 2 aromatic carbocycles. The molecule has 0 fully saturated rings. The van der Waals surface area contributed by atoms with Gasteiger partial charge >= 0.3 is 0 Å². The van der Waals surface area contributed by atoms with Gasteiger partial charge in [-0.1, -0.05) is 30.3 Å². The number of anilines is 2. The van der Waals surface area contributed by atoms with Crippen molar-refractivity contribution >= 4 is 17.5 Å². The molecule has 0 aliphatic carbocycles. The van der Waals surface area contributed by atoms with Gasteiger partial charge in [-0.25, -0.2) is 0 Å². The first-order chi connectivity index (χ1) is 14.1. The smallest absolute Gasteiger partial charge is 0.281 e. The molecule has 7 nitrogen and oxygen atoms in total. The summed E-state index contributed by atoms with van der Waals surface area (Å²) in [7, 11) is 3.99. The van der Waals surface area contributed by atoms with Crippen LogP contribution in [0.2, 0.25) is 0 Å². The van der Waals surface area contributed by atoms with Crippen LogP contribution in [0.15, 0.2) is 77.4 Å². The van der Waals surface area contributed by atoms with Gasteiger partial charge in [-0.3, -0.25) is 4.79 Å². The van der Waals surface area contributed by atoms with E-state index in [0.717, 1.165) is 11.3 Å². The maximum atomic E-state index is 13.0.